The van der Waals surface area contributed by atoms with Crippen LogP contribution in [0.1, 0.15) is 24.1 Å². The Hall–Kier alpha value is -2.88. The monoisotopic (exact) mass is 460 g/mol. The van der Waals surface area contributed by atoms with Crippen molar-refractivity contribution in [1.29, 1.82) is 0 Å². The summed E-state index contributed by atoms with van der Waals surface area (Å²) in [5.41, 5.74) is 2.16. The first-order chi connectivity index (χ1) is 15.4. The largest absolute Gasteiger partial charge is 0.393 e. The Bertz CT molecular complexity index is 1250. The van der Waals surface area contributed by atoms with Gasteiger partial charge in [-0.3, -0.25) is 4.68 Å². The smallest absolute Gasteiger partial charge is 0.382 e. The highest BCUT2D eigenvalue weighted by Crippen LogP contribution is 2.34. The third-order valence-electron chi connectivity index (χ3n) is 5.91. The van der Waals surface area contributed by atoms with Crippen molar-refractivity contribution in [1.82, 2.24) is 19.7 Å². The Morgan fingerprint density at radius 2 is 2.03 bits per heavy atom. The number of nitrogens with zero attached hydrogens (tertiary/aromatic N) is 5. The molecule has 6 nitrogen and oxygen atoms in total. The van der Waals surface area contributed by atoms with Gasteiger partial charge in [-0.05, 0) is 37.5 Å². The zero-order valence-corrected chi connectivity index (χ0v) is 18.4. The van der Waals surface area contributed by atoms with E-state index in [1.54, 1.807) is 6.07 Å². The van der Waals surface area contributed by atoms with E-state index in [1.807, 2.05) is 24.0 Å². The molecule has 0 saturated carbocycles. The molecule has 0 amide bonds. The maximum atomic E-state index is 12.8. The molecule has 1 aliphatic rings. The van der Waals surface area contributed by atoms with Crippen LogP contribution < -0.4 is 10.2 Å². The highest BCUT2D eigenvalue weighted by Gasteiger charge is 2.29. The summed E-state index contributed by atoms with van der Waals surface area (Å²) in [6.07, 6.45) is 1.05. The summed E-state index contributed by atoms with van der Waals surface area (Å²) in [5, 5.41) is 9.85. The Morgan fingerprint density at radius 3 is 2.88 bits per heavy atom. The summed E-state index contributed by atoms with van der Waals surface area (Å²) in [7, 11) is 1.93. The van der Waals surface area contributed by atoms with Crippen LogP contribution in [-0.4, -0.2) is 45.1 Å². The van der Waals surface area contributed by atoms with Gasteiger partial charge in [-0.15, -0.1) is 11.3 Å². The fourth-order valence-electron chi connectivity index (χ4n) is 4.41. The number of hydrogen-bond acceptors (Lipinski definition) is 6. The highest BCUT2D eigenvalue weighted by molar-refractivity contribution is 7.18. The van der Waals surface area contributed by atoms with Gasteiger partial charge in [0.15, 0.2) is 0 Å². The molecule has 0 aliphatic carbocycles. The Kier molecular flexibility index (Phi) is 5.40. The van der Waals surface area contributed by atoms with Crippen LogP contribution in [0.3, 0.4) is 0 Å². The van der Waals surface area contributed by atoms with E-state index in [1.165, 1.54) is 6.33 Å². The first-order valence-corrected chi connectivity index (χ1v) is 11.4. The second kappa shape index (κ2) is 8.23. The zero-order chi connectivity index (χ0) is 22.3. The first kappa shape index (κ1) is 21.0. The second-order valence-electron chi connectivity index (χ2n) is 8.19. The van der Waals surface area contributed by atoms with Gasteiger partial charge in [-0.25, -0.2) is 9.97 Å². The molecular formula is C22H23F3N6S. The third-order valence-corrected chi connectivity index (χ3v) is 6.96. The summed E-state index contributed by atoms with van der Waals surface area (Å²) < 4.78 is 40.4. The van der Waals surface area contributed by atoms with Crippen LogP contribution in [0.15, 0.2) is 36.8 Å². The molecule has 3 aromatic heterocycles. The predicted molar refractivity (Wildman–Crippen MR) is 121 cm³/mol. The van der Waals surface area contributed by atoms with Gasteiger partial charge < -0.3 is 10.2 Å². The number of aromatic nitrogens is 4. The topological polar surface area (TPSA) is 58.9 Å². The van der Waals surface area contributed by atoms with Crippen molar-refractivity contribution < 1.29 is 13.2 Å². The van der Waals surface area contributed by atoms with Gasteiger partial charge in [0.1, 0.15) is 17.0 Å². The van der Waals surface area contributed by atoms with E-state index in [9.17, 15) is 13.2 Å². The van der Waals surface area contributed by atoms with Crippen LogP contribution in [-0.2, 0) is 13.5 Å². The molecule has 4 heterocycles. The van der Waals surface area contributed by atoms with Crippen molar-refractivity contribution in [2.75, 3.05) is 23.3 Å². The Balaban J connectivity index is 1.33. The molecule has 1 fully saturated rings. The van der Waals surface area contributed by atoms with Crippen molar-refractivity contribution in [3.63, 3.8) is 0 Å². The minimum atomic E-state index is -4.23. The summed E-state index contributed by atoms with van der Waals surface area (Å²) >= 11 is 1.09. The number of alkyl halides is 3. The van der Waals surface area contributed by atoms with E-state index < -0.39 is 12.6 Å². The molecule has 0 spiro atoms. The molecule has 32 heavy (non-hydrogen) atoms. The molecule has 1 atom stereocenters. The average molecular weight is 461 g/mol. The Labute approximate surface area is 187 Å². The lowest BCUT2D eigenvalue weighted by molar-refractivity contribution is -0.126. The van der Waals surface area contributed by atoms with Crippen LogP contribution in [0.25, 0.3) is 21.1 Å². The van der Waals surface area contributed by atoms with Crippen LogP contribution in [0, 0.1) is 0 Å². The quantitative estimate of drug-likeness (QED) is 0.456. The van der Waals surface area contributed by atoms with Crippen molar-refractivity contribution in [3.8, 4) is 0 Å². The summed E-state index contributed by atoms with van der Waals surface area (Å²) in [5.74, 6) is 0.731. The van der Waals surface area contributed by atoms with Gasteiger partial charge in [0, 0.05) is 42.1 Å². The number of hydrogen-bond donors (Lipinski definition) is 1. The number of thiophene rings is 1. The molecule has 0 bridgehead atoms. The molecular weight excluding hydrogens is 437 g/mol. The fraction of sp³-hybridized carbons (Fsp3) is 0.409. The summed E-state index contributed by atoms with van der Waals surface area (Å²) in [4.78, 5) is 11.7. The maximum absolute atomic E-state index is 12.8. The number of aryl methyl sites for hydroxylation is 1. The molecule has 4 aromatic rings. The lowest BCUT2D eigenvalue weighted by Gasteiger charge is -2.22. The van der Waals surface area contributed by atoms with E-state index in [0.717, 1.165) is 66.1 Å². The van der Waals surface area contributed by atoms with Crippen molar-refractivity contribution >= 4 is 44.0 Å². The molecule has 0 radical (unpaired) electrons. The number of fused-ring (bicyclic) bond motifs is 2. The second-order valence-corrected chi connectivity index (χ2v) is 9.30. The first-order valence-electron chi connectivity index (χ1n) is 10.6. The maximum Gasteiger partial charge on any atom is 0.393 e. The van der Waals surface area contributed by atoms with Gasteiger partial charge in [0.25, 0.3) is 0 Å². The average Bonchev–Trinajstić information content (AvgIpc) is 3.23. The molecule has 1 aromatic carbocycles. The number of benzene rings is 1. The number of nitrogens with one attached hydrogen (secondary N) is 1. The van der Waals surface area contributed by atoms with Gasteiger partial charge in [-0.2, -0.15) is 18.3 Å². The summed E-state index contributed by atoms with van der Waals surface area (Å²) in [6.45, 7) is 1.59. The highest BCUT2D eigenvalue weighted by atomic mass is 32.1. The van der Waals surface area contributed by atoms with Gasteiger partial charge in [-0.1, -0.05) is 6.07 Å². The minimum absolute atomic E-state index is 0.271. The molecule has 1 N–H and O–H groups in total. The molecule has 5 rings (SSSR count). The van der Waals surface area contributed by atoms with Gasteiger partial charge in [0.2, 0.25) is 0 Å². The van der Waals surface area contributed by atoms with E-state index in [0.29, 0.717) is 16.3 Å². The molecule has 0 unspecified atom stereocenters. The van der Waals surface area contributed by atoms with E-state index >= 15 is 0 Å². The van der Waals surface area contributed by atoms with E-state index in [-0.39, 0.29) is 4.88 Å². The number of rotatable bonds is 4. The normalized spacial score (nSPS) is 17.8. The number of anilines is 2. The molecule has 1 saturated heterocycles. The van der Waals surface area contributed by atoms with Crippen molar-refractivity contribution in [2.45, 2.75) is 37.9 Å². The van der Waals surface area contributed by atoms with Crippen LogP contribution in [0.4, 0.5) is 24.7 Å². The standard InChI is InChI=1S/C22H23F3N6S/c1-30-19-6-2-5-18(17(19)12-28-30)29-14-4-3-8-31(9-7-14)20-16-10-15(11-22(23,24)25)32-21(16)27-13-26-20/h2,5-6,10,12-14,29H,3-4,7-9,11H2,1H3/t14-/m0/s1. The summed E-state index contributed by atoms with van der Waals surface area (Å²) in [6, 6.07) is 8.06. The van der Waals surface area contributed by atoms with E-state index in [4.69, 9.17) is 0 Å². The SMILES string of the molecule is Cn1ncc2c(N[C@H]3CCCN(c4ncnc5sc(CC(F)(F)F)cc45)CC3)cccc21. The van der Waals surface area contributed by atoms with Crippen molar-refractivity contribution in [2.24, 2.45) is 7.05 Å². The predicted octanol–water partition coefficient (Wildman–Crippen LogP) is 5.15. The molecule has 10 heteroatoms. The van der Waals surface area contributed by atoms with E-state index in [2.05, 4.69) is 37.4 Å². The van der Waals surface area contributed by atoms with Crippen LogP contribution >= 0.6 is 11.3 Å². The number of halogens is 3. The van der Waals surface area contributed by atoms with Crippen LogP contribution in [0.5, 0.6) is 0 Å². The Morgan fingerprint density at radius 1 is 1.16 bits per heavy atom. The van der Waals surface area contributed by atoms with Crippen LogP contribution in [0.2, 0.25) is 0 Å². The molecule has 168 valence electrons. The lowest BCUT2D eigenvalue weighted by atomic mass is 10.1. The van der Waals surface area contributed by atoms with Crippen molar-refractivity contribution in [3.05, 3.63) is 41.7 Å². The minimum Gasteiger partial charge on any atom is -0.382 e. The lowest BCUT2D eigenvalue weighted by Crippen LogP contribution is -2.27. The zero-order valence-electron chi connectivity index (χ0n) is 17.6. The fourth-order valence-corrected chi connectivity index (χ4v) is 5.43. The third kappa shape index (κ3) is 4.23. The molecule has 1 aliphatic heterocycles. The van der Waals surface area contributed by atoms with Gasteiger partial charge >= 0.3 is 6.18 Å². The van der Waals surface area contributed by atoms with Gasteiger partial charge in [0.05, 0.1) is 23.5 Å².